The van der Waals surface area contributed by atoms with E-state index < -0.39 is 15.1 Å². The van der Waals surface area contributed by atoms with Crippen LogP contribution in [0.5, 0.6) is 0 Å². The van der Waals surface area contributed by atoms with Gasteiger partial charge in [-0.3, -0.25) is 14.8 Å². The number of benzene rings is 1. The molecule has 7 nitrogen and oxygen atoms in total. The largest absolute Gasteiger partial charge is 0.301 e. The van der Waals surface area contributed by atoms with E-state index in [1.54, 1.807) is 0 Å². The van der Waals surface area contributed by atoms with E-state index in [2.05, 4.69) is 4.72 Å². The maximum Gasteiger partial charge on any atom is 0.301 e. The lowest BCUT2D eigenvalue weighted by Crippen LogP contribution is -2.39. The van der Waals surface area contributed by atoms with Gasteiger partial charge in [-0.2, -0.15) is 12.7 Å². The van der Waals surface area contributed by atoms with Crippen LogP contribution >= 0.6 is 0 Å². The van der Waals surface area contributed by atoms with Crippen molar-refractivity contribution in [3.8, 4) is 0 Å². The molecular weight excluding hydrogens is 270 g/mol. The van der Waals surface area contributed by atoms with Gasteiger partial charge in [-0.15, -0.1) is 0 Å². The zero-order chi connectivity index (χ0) is 13.9. The Balaban J connectivity index is 2.09. The quantitative estimate of drug-likeness (QED) is 0.673. The molecular formula is C11H15N3O4S. The summed E-state index contributed by atoms with van der Waals surface area (Å²) in [4.78, 5) is 9.98. The Labute approximate surface area is 111 Å². The number of non-ortho nitro benzene ring substituents is 1. The third-order valence-corrected chi connectivity index (χ3v) is 4.52. The van der Waals surface area contributed by atoms with Crippen molar-refractivity contribution in [1.82, 2.24) is 4.31 Å². The zero-order valence-corrected chi connectivity index (χ0v) is 11.1. The third kappa shape index (κ3) is 3.42. The van der Waals surface area contributed by atoms with E-state index in [4.69, 9.17) is 0 Å². The van der Waals surface area contributed by atoms with Crippen molar-refractivity contribution in [2.24, 2.45) is 0 Å². The summed E-state index contributed by atoms with van der Waals surface area (Å²) >= 11 is 0. The topological polar surface area (TPSA) is 92.5 Å². The SMILES string of the molecule is O=[N+]([O-])c1ccc(NS(=O)(=O)N2CCCCC2)cc1. The van der Waals surface area contributed by atoms with Crippen LogP contribution in [-0.4, -0.2) is 30.7 Å². The molecule has 0 aliphatic carbocycles. The molecule has 1 aliphatic rings. The summed E-state index contributed by atoms with van der Waals surface area (Å²) in [7, 11) is -3.56. The maximum atomic E-state index is 12.1. The molecule has 104 valence electrons. The Bertz CT molecular complexity index is 550. The van der Waals surface area contributed by atoms with Crippen molar-refractivity contribution in [3.05, 3.63) is 34.4 Å². The molecule has 1 heterocycles. The molecule has 0 saturated carbocycles. The molecule has 1 aliphatic heterocycles. The van der Waals surface area contributed by atoms with Gasteiger partial charge < -0.3 is 0 Å². The average molecular weight is 285 g/mol. The number of nitro groups is 1. The predicted molar refractivity (Wildman–Crippen MR) is 71.1 cm³/mol. The van der Waals surface area contributed by atoms with E-state index in [0.717, 1.165) is 19.3 Å². The minimum Gasteiger partial charge on any atom is -0.271 e. The van der Waals surface area contributed by atoms with Gasteiger partial charge in [0.05, 0.1) is 10.6 Å². The van der Waals surface area contributed by atoms with Crippen LogP contribution in [0.1, 0.15) is 19.3 Å². The molecule has 0 radical (unpaired) electrons. The molecule has 1 saturated heterocycles. The predicted octanol–water partition coefficient (Wildman–Crippen LogP) is 1.74. The van der Waals surface area contributed by atoms with Gasteiger partial charge in [0.15, 0.2) is 0 Å². The van der Waals surface area contributed by atoms with Gasteiger partial charge in [-0.25, -0.2) is 0 Å². The Morgan fingerprint density at radius 3 is 2.21 bits per heavy atom. The number of piperidine rings is 1. The number of anilines is 1. The number of nitro benzene ring substituents is 1. The van der Waals surface area contributed by atoms with Gasteiger partial charge in [0.1, 0.15) is 0 Å². The minimum atomic E-state index is -3.56. The number of hydrogen-bond acceptors (Lipinski definition) is 4. The summed E-state index contributed by atoms with van der Waals surface area (Å²) in [6.45, 7) is 1.03. The summed E-state index contributed by atoms with van der Waals surface area (Å²) in [5.41, 5.74) is 0.261. The molecule has 1 aromatic carbocycles. The fourth-order valence-corrected chi connectivity index (χ4v) is 3.27. The molecule has 1 N–H and O–H groups in total. The summed E-state index contributed by atoms with van der Waals surface area (Å²) in [5, 5.41) is 10.5. The molecule has 8 heteroatoms. The lowest BCUT2D eigenvalue weighted by molar-refractivity contribution is -0.384. The molecule has 19 heavy (non-hydrogen) atoms. The van der Waals surface area contributed by atoms with Crippen LogP contribution in [-0.2, 0) is 10.2 Å². The van der Waals surface area contributed by atoms with Crippen molar-refractivity contribution in [2.75, 3.05) is 17.8 Å². The summed E-state index contributed by atoms with van der Waals surface area (Å²) < 4.78 is 27.9. The second kappa shape index (κ2) is 5.54. The number of hydrogen-bond donors (Lipinski definition) is 1. The first-order valence-electron chi connectivity index (χ1n) is 6.01. The highest BCUT2D eigenvalue weighted by Crippen LogP contribution is 2.19. The van der Waals surface area contributed by atoms with Crippen molar-refractivity contribution < 1.29 is 13.3 Å². The van der Waals surface area contributed by atoms with Crippen LogP contribution in [0.15, 0.2) is 24.3 Å². The Kier molecular flexibility index (Phi) is 4.01. The van der Waals surface area contributed by atoms with Gasteiger partial charge in [0, 0.05) is 25.2 Å². The molecule has 0 aromatic heterocycles. The van der Waals surface area contributed by atoms with E-state index >= 15 is 0 Å². The summed E-state index contributed by atoms with van der Waals surface area (Å²) in [5.74, 6) is 0. The third-order valence-electron chi connectivity index (χ3n) is 2.98. The van der Waals surface area contributed by atoms with Crippen LogP contribution in [0.2, 0.25) is 0 Å². The van der Waals surface area contributed by atoms with E-state index in [9.17, 15) is 18.5 Å². The van der Waals surface area contributed by atoms with Crippen molar-refractivity contribution in [1.29, 1.82) is 0 Å². The maximum absolute atomic E-state index is 12.1. The van der Waals surface area contributed by atoms with Crippen molar-refractivity contribution >= 4 is 21.6 Å². The Morgan fingerprint density at radius 2 is 1.68 bits per heavy atom. The number of rotatable bonds is 4. The lowest BCUT2D eigenvalue weighted by Gasteiger charge is -2.26. The molecule has 2 rings (SSSR count). The Hall–Kier alpha value is -1.67. The normalized spacial score (nSPS) is 17.1. The van der Waals surface area contributed by atoms with E-state index in [1.807, 2.05) is 0 Å². The first kappa shape index (κ1) is 13.8. The number of nitrogens with zero attached hydrogens (tertiary/aromatic N) is 2. The molecule has 0 unspecified atom stereocenters. The van der Waals surface area contributed by atoms with Gasteiger partial charge in [0.25, 0.3) is 5.69 Å². The minimum absolute atomic E-state index is 0.0686. The van der Waals surface area contributed by atoms with Gasteiger partial charge in [0.2, 0.25) is 0 Å². The van der Waals surface area contributed by atoms with Gasteiger partial charge >= 0.3 is 10.2 Å². The Morgan fingerprint density at radius 1 is 1.11 bits per heavy atom. The van der Waals surface area contributed by atoms with Crippen molar-refractivity contribution in [3.63, 3.8) is 0 Å². The smallest absolute Gasteiger partial charge is 0.271 e. The molecule has 0 amide bonds. The molecule has 0 atom stereocenters. The monoisotopic (exact) mass is 285 g/mol. The highest BCUT2D eigenvalue weighted by Gasteiger charge is 2.23. The molecule has 1 fully saturated rings. The van der Waals surface area contributed by atoms with Crippen LogP contribution < -0.4 is 4.72 Å². The second-order valence-corrected chi connectivity index (χ2v) is 6.04. The lowest BCUT2D eigenvalue weighted by atomic mass is 10.2. The summed E-state index contributed by atoms with van der Waals surface area (Å²) in [6, 6.07) is 5.32. The van der Waals surface area contributed by atoms with Crippen LogP contribution in [0.25, 0.3) is 0 Å². The first-order chi connectivity index (χ1) is 8.99. The van der Waals surface area contributed by atoms with Crippen LogP contribution in [0.3, 0.4) is 0 Å². The number of nitrogens with one attached hydrogen (secondary N) is 1. The zero-order valence-electron chi connectivity index (χ0n) is 10.3. The fourth-order valence-electron chi connectivity index (χ4n) is 1.97. The molecule has 1 aromatic rings. The van der Waals surface area contributed by atoms with E-state index in [0.29, 0.717) is 18.8 Å². The second-order valence-electron chi connectivity index (χ2n) is 4.37. The van der Waals surface area contributed by atoms with Crippen LogP contribution in [0.4, 0.5) is 11.4 Å². The first-order valence-corrected chi connectivity index (χ1v) is 7.45. The fraction of sp³-hybridized carbons (Fsp3) is 0.455. The van der Waals surface area contributed by atoms with E-state index in [1.165, 1.54) is 28.6 Å². The average Bonchev–Trinajstić information content (AvgIpc) is 2.40. The van der Waals surface area contributed by atoms with Crippen LogP contribution in [0, 0.1) is 10.1 Å². The van der Waals surface area contributed by atoms with Gasteiger partial charge in [-0.05, 0) is 25.0 Å². The van der Waals surface area contributed by atoms with E-state index in [-0.39, 0.29) is 5.69 Å². The van der Waals surface area contributed by atoms with Crippen molar-refractivity contribution in [2.45, 2.75) is 19.3 Å². The standard InChI is InChI=1S/C11H15N3O4S/c15-14(16)11-6-4-10(5-7-11)12-19(17,18)13-8-2-1-3-9-13/h4-7,12H,1-3,8-9H2. The summed E-state index contributed by atoms with van der Waals surface area (Å²) in [6.07, 6.45) is 2.77. The highest BCUT2D eigenvalue weighted by molar-refractivity contribution is 7.90. The van der Waals surface area contributed by atoms with Gasteiger partial charge in [-0.1, -0.05) is 6.42 Å². The molecule has 0 spiro atoms. The highest BCUT2D eigenvalue weighted by atomic mass is 32.2. The molecule has 0 bridgehead atoms.